The highest BCUT2D eigenvalue weighted by atomic mass is 32.2. The van der Waals surface area contributed by atoms with Gasteiger partial charge in [0.25, 0.3) is 0 Å². The van der Waals surface area contributed by atoms with E-state index in [1.165, 1.54) is 102 Å². The fraction of sp³-hybridized carbons (Fsp3) is 0.920. The Hall–Kier alpha value is -0.550. The van der Waals surface area contributed by atoms with E-state index in [1.54, 1.807) is 0 Å². The third-order valence-electron chi connectivity index (χ3n) is 5.51. The second-order valence-corrected chi connectivity index (χ2v) is 9.69. The third kappa shape index (κ3) is 20.7. The first-order valence-corrected chi connectivity index (χ1v) is 13.7. The predicted octanol–water partition coefficient (Wildman–Crippen LogP) is 7.18. The maximum absolute atomic E-state index is 11.7. The summed E-state index contributed by atoms with van der Waals surface area (Å²) in [7, 11) is 0. The van der Waals surface area contributed by atoms with Gasteiger partial charge in [0.15, 0.2) is 0 Å². The van der Waals surface area contributed by atoms with Crippen LogP contribution in [0, 0.1) is 0 Å². The summed E-state index contributed by atoms with van der Waals surface area (Å²) in [5.41, 5.74) is 5.77. The van der Waals surface area contributed by atoms with E-state index >= 15 is 0 Å². The zero-order valence-electron chi connectivity index (χ0n) is 19.9. The van der Waals surface area contributed by atoms with Crippen LogP contribution in [-0.2, 0) is 14.3 Å². The van der Waals surface area contributed by atoms with Crippen molar-refractivity contribution in [1.29, 1.82) is 0 Å². The van der Waals surface area contributed by atoms with E-state index in [1.807, 2.05) is 6.92 Å². The zero-order valence-corrected chi connectivity index (χ0v) is 20.7. The third-order valence-corrected chi connectivity index (χ3v) is 6.39. The minimum absolute atomic E-state index is 0.0388. The molecule has 0 aliphatic rings. The first-order chi connectivity index (χ1) is 14.6. The van der Waals surface area contributed by atoms with E-state index in [0.29, 0.717) is 13.0 Å². The molecule has 5 heteroatoms. The highest BCUT2D eigenvalue weighted by Gasteiger charge is 2.15. The Kier molecular flexibility index (Phi) is 22.7. The topological polar surface area (TPSA) is 69.4 Å². The molecule has 0 aliphatic carbocycles. The van der Waals surface area contributed by atoms with E-state index in [9.17, 15) is 9.59 Å². The summed E-state index contributed by atoms with van der Waals surface area (Å²) in [5.74, 6) is 0.483. The van der Waals surface area contributed by atoms with Crippen molar-refractivity contribution in [3.05, 3.63) is 0 Å². The molecule has 4 nitrogen and oxygen atoms in total. The number of hydrogen-bond donors (Lipinski definition) is 1. The van der Waals surface area contributed by atoms with Gasteiger partial charge < -0.3 is 10.5 Å². The van der Waals surface area contributed by atoms with Crippen molar-refractivity contribution in [3.63, 3.8) is 0 Å². The van der Waals surface area contributed by atoms with E-state index < -0.39 is 6.04 Å². The highest BCUT2D eigenvalue weighted by molar-refractivity contribution is 8.13. The summed E-state index contributed by atoms with van der Waals surface area (Å²) in [6.07, 6.45) is 21.9. The normalized spacial score (nSPS) is 12.1. The van der Waals surface area contributed by atoms with Gasteiger partial charge in [0.2, 0.25) is 5.12 Å². The van der Waals surface area contributed by atoms with Gasteiger partial charge in [0.05, 0.1) is 12.6 Å². The van der Waals surface area contributed by atoms with Gasteiger partial charge in [-0.3, -0.25) is 9.59 Å². The molecule has 0 radical (unpaired) electrons. The van der Waals surface area contributed by atoms with E-state index in [0.717, 1.165) is 18.6 Å². The minimum atomic E-state index is -0.557. The van der Waals surface area contributed by atoms with Gasteiger partial charge in [-0.25, -0.2) is 0 Å². The predicted molar refractivity (Wildman–Crippen MR) is 131 cm³/mol. The smallest absolute Gasteiger partial charge is 0.305 e. The lowest BCUT2D eigenvalue weighted by Crippen LogP contribution is -2.29. The van der Waals surface area contributed by atoms with Crippen LogP contribution in [0.2, 0.25) is 0 Å². The van der Waals surface area contributed by atoms with Crippen LogP contribution in [0.5, 0.6) is 0 Å². The Bertz CT molecular complexity index is 404. The number of carbonyl (C=O) groups excluding carboxylic acids is 2. The Balaban J connectivity index is 3.25. The number of esters is 1. The average molecular weight is 444 g/mol. The zero-order chi connectivity index (χ0) is 22.3. The number of rotatable bonds is 22. The standard InChI is InChI=1S/C25H49NO3S/c1-3-5-6-7-8-9-10-11-12-13-14-15-16-17-18-19-22-29-24(27)21-20-23(26)25(28)30-4-2/h23H,3-22,26H2,1-2H3. The lowest BCUT2D eigenvalue weighted by molar-refractivity contribution is -0.144. The van der Waals surface area contributed by atoms with Crippen molar-refractivity contribution in [1.82, 2.24) is 0 Å². The molecular formula is C25H49NO3S. The van der Waals surface area contributed by atoms with Gasteiger partial charge in [-0.2, -0.15) is 0 Å². The number of ether oxygens (including phenoxy) is 1. The van der Waals surface area contributed by atoms with Gasteiger partial charge in [-0.15, -0.1) is 0 Å². The molecule has 178 valence electrons. The largest absolute Gasteiger partial charge is 0.466 e. The second kappa shape index (κ2) is 23.1. The molecular weight excluding hydrogens is 394 g/mol. The summed E-state index contributed by atoms with van der Waals surface area (Å²) in [4.78, 5) is 23.3. The van der Waals surface area contributed by atoms with Gasteiger partial charge in [0.1, 0.15) is 0 Å². The van der Waals surface area contributed by atoms with Crippen molar-refractivity contribution in [2.24, 2.45) is 5.73 Å². The van der Waals surface area contributed by atoms with Gasteiger partial charge >= 0.3 is 5.97 Å². The molecule has 0 aliphatic heterocycles. The first-order valence-electron chi connectivity index (χ1n) is 12.7. The van der Waals surface area contributed by atoms with Crippen LogP contribution in [0.1, 0.15) is 129 Å². The quantitative estimate of drug-likeness (QED) is 0.142. The van der Waals surface area contributed by atoms with E-state index in [-0.39, 0.29) is 17.5 Å². The maximum Gasteiger partial charge on any atom is 0.305 e. The number of thioether (sulfide) groups is 1. The van der Waals surface area contributed by atoms with E-state index in [2.05, 4.69) is 6.92 Å². The van der Waals surface area contributed by atoms with Crippen molar-refractivity contribution in [2.45, 2.75) is 135 Å². The lowest BCUT2D eigenvalue weighted by atomic mass is 10.0. The fourth-order valence-electron chi connectivity index (χ4n) is 3.55. The highest BCUT2D eigenvalue weighted by Crippen LogP contribution is 2.14. The number of carbonyl (C=O) groups is 2. The van der Waals surface area contributed by atoms with Gasteiger partial charge in [0, 0.05) is 6.42 Å². The minimum Gasteiger partial charge on any atom is -0.466 e. The fourth-order valence-corrected chi connectivity index (χ4v) is 4.17. The molecule has 0 spiro atoms. The average Bonchev–Trinajstić information content (AvgIpc) is 2.74. The van der Waals surface area contributed by atoms with Crippen molar-refractivity contribution in [2.75, 3.05) is 12.4 Å². The molecule has 2 N–H and O–H groups in total. The van der Waals surface area contributed by atoms with Crippen molar-refractivity contribution >= 4 is 22.8 Å². The summed E-state index contributed by atoms with van der Waals surface area (Å²) >= 11 is 1.22. The number of unbranched alkanes of at least 4 members (excludes halogenated alkanes) is 15. The van der Waals surface area contributed by atoms with Crippen molar-refractivity contribution in [3.8, 4) is 0 Å². The number of hydrogen-bond acceptors (Lipinski definition) is 5. The lowest BCUT2D eigenvalue weighted by Gasteiger charge is -2.09. The van der Waals surface area contributed by atoms with Gasteiger partial charge in [-0.05, 0) is 18.6 Å². The molecule has 0 saturated heterocycles. The molecule has 0 aromatic carbocycles. The van der Waals surface area contributed by atoms with Crippen LogP contribution < -0.4 is 5.73 Å². The van der Waals surface area contributed by atoms with E-state index in [4.69, 9.17) is 10.5 Å². The summed E-state index contributed by atoms with van der Waals surface area (Å²) < 4.78 is 5.24. The molecule has 0 heterocycles. The van der Waals surface area contributed by atoms with Crippen molar-refractivity contribution < 1.29 is 14.3 Å². The summed E-state index contributed by atoms with van der Waals surface area (Å²) in [6.45, 7) is 4.68. The molecule has 0 rings (SSSR count). The molecule has 0 aromatic rings. The molecule has 0 bridgehead atoms. The Morgan fingerprint density at radius 1 is 0.733 bits per heavy atom. The van der Waals surface area contributed by atoms with Crippen LogP contribution >= 0.6 is 11.8 Å². The Labute approximate surface area is 190 Å². The van der Waals surface area contributed by atoms with Crippen LogP contribution in [0.3, 0.4) is 0 Å². The molecule has 1 unspecified atom stereocenters. The molecule has 0 amide bonds. The first kappa shape index (κ1) is 29.5. The Morgan fingerprint density at radius 2 is 1.17 bits per heavy atom. The van der Waals surface area contributed by atoms with Crippen LogP contribution in [0.25, 0.3) is 0 Å². The van der Waals surface area contributed by atoms with Crippen LogP contribution in [0.15, 0.2) is 0 Å². The van der Waals surface area contributed by atoms with Crippen LogP contribution in [0.4, 0.5) is 0 Å². The molecule has 1 atom stereocenters. The Morgan fingerprint density at radius 3 is 1.60 bits per heavy atom. The van der Waals surface area contributed by atoms with Gasteiger partial charge in [-0.1, -0.05) is 122 Å². The molecule has 0 aromatic heterocycles. The molecule has 0 saturated carbocycles. The summed E-state index contributed by atoms with van der Waals surface area (Å²) in [5, 5.41) is -0.0388. The molecule has 0 fully saturated rings. The summed E-state index contributed by atoms with van der Waals surface area (Å²) in [6, 6.07) is -0.557. The number of nitrogens with two attached hydrogens (primary N) is 1. The molecule has 30 heavy (non-hydrogen) atoms. The van der Waals surface area contributed by atoms with Crippen LogP contribution in [-0.4, -0.2) is 29.5 Å². The second-order valence-electron chi connectivity index (χ2n) is 8.42. The SMILES string of the molecule is CCCCCCCCCCCCCCCCCCOC(=O)CCC(N)C(=O)SCC. The monoisotopic (exact) mass is 443 g/mol. The maximum atomic E-state index is 11.7.